The van der Waals surface area contributed by atoms with Crippen LogP contribution in [0.15, 0.2) is 176 Å². The molecule has 47 heavy (non-hydrogen) atoms. The van der Waals surface area contributed by atoms with E-state index in [-0.39, 0.29) is 0 Å². The molecule has 0 aliphatic heterocycles. The third-order valence-corrected chi connectivity index (χ3v) is 9.06. The molecule has 0 N–H and O–H groups in total. The molecule has 0 aliphatic carbocycles. The summed E-state index contributed by atoms with van der Waals surface area (Å²) in [6.07, 6.45) is 3.75. The highest BCUT2D eigenvalue weighted by molar-refractivity contribution is 6.21. The summed E-state index contributed by atoms with van der Waals surface area (Å²) < 4.78 is 2.27. The predicted octanol–water partition coefficient (Wildman–Crippen LogP) is 11.4. The minimum atomic E-state index is 0.927. The van der Waals surface area contributed by atoms with Crippen molar-refractivity contribution in [2.24, 2.45) is 0 Å². The zero-order valence-electron chi connectivity index (χ0n) is 25.6. The van der Waals surface area contributed by atoms with E-state index in [0.717, 1.165) is 44.8 Å². The molecule has 0 fully saturated rings. The largest absolute Gasteiger partial charge is 0.292 e. The van der Waals surface area contributed by atoms with Crippen LogP contribution in [0, 0.1) is 0 Å². The fourth-order valence-electron chi connectivity index (χ4n) is 7.01. The van der Waals surface area contributed by atoms with Crippen LogP contribution in [0.25, 0.3) is 83.0 Å². The maximum absolute atomic E-state index is 5.16. The van der Waals surface area contributed by atoms with E-state index >= 15 is 0 Å². The highest BCUT2D eigenvalue weighted by Crippen LogP contribution is 2.45. The van der Waals surface area contributed by atoms with Crippen molar-refractivity contribution in [2.45, 2.75) is 0 Å². The molecular formula is C44H29N3. The second-order valence-electron chi connectivity index (χ2n) is 11.8. The number of rotatable bonds is 5. The van der Waals surface area contributed by atoms with Crippen molar-refractivity contribution >= 4 is 32.6 Å². The van der Waals surface area contributed by atoms with E-state index < -0.39 is 0 Å². The first-order valence-electron chi connectivity index (χ1n) is 15.9. The third kappa shape index (κ3) is 4.60. The Balaban J connectivity index is 1.28. The number of hydrogen-bond donors (Lipinski definition) is 0. The number of benzene rings is 7. The van der Waals surface area contributed by atoms with Gasteiger partial charge in [0.15, 0.2) is 0 Å². The predicted molar refractivity (Wildman–Crippen MR) is 196 cm³/mol. The SMILES string of the molecule is c1ccc(-n2c(-c3cccc(-c4c5ccccc5c(-c5cccc(-c6cccnc6)c5)c5ccccc45)c3)nc3ccccc32)cc1. The molecule has 0 bridgehead atoms. The van der Waals surface area contributed by atoms with Gasteiger partial charge >= 0.3 is 0 Å². The van der Waals surface area contributed by atoms with Crippen LogP contribution >= 0.6 is 0 Å². The number of para-hydroxylation sites is 3. The van der Waals surface area contributed by atoms with Gasteiger partial charge in [-0.2, -0.15) is 0 Å². The molecule has 0 radical (unpaired) electrons. The van der Waals surface area contributed by atoms with E-state index in [1.54, 1.807) is 0 Å². The number of hydrogen-bond acceptors (Lipinski definition) is 2. The van der Waals surface area contributed by atoms with Crippen LogP contribution in [0.3, 0.4) is 0 Å². The van der Waals surface area contributed by atoms with E-state index in [1.807, 2.05) is 18.5 Å². The topological polar surface area (TPSA) is 30.7 Å². The number of nitrogens with zero attached hydrogens (tertiary/aromatic N) is 3. The van der Waals surface area contributed by atoms with Crippen LogP contribution in [0.4, 0.5) is 0 Å². The van der Waals surface area contributed by atoms with E-state index in [9.17, 15) is 0 Å². The standard InChI is InChI=1S/C44H29N3/c1-2-18-35(19-3-1)47-41-25-9-8-24-40(41)46-44(47)33-16-11-15-32(28-33)43-38-22-6-4-20-36(38)42(37-21-5-7-23-39(37)43)31-14-10-13-30(27-31)34-17-12-26-45-29-34/h1-29H. The first-order valence-corrected chi connectivity index (χ1v) is 15.9. The lowest BCUT2D eigenvalue weighted by Gasteiger charge is -2.18. The summed E-state index contributed by atoms with van der Waals surface area (Å²) in [7, 11) is 0. The number of imidazole rings is 1. The van der Waals surface area contributed by atoms with Crippen molar-refractivity contribution in [3.05, 3.63) is 176 Å². The third-order valence-electron chi connectivity index (χ3n) is 9.06. The zero-order valence-corrected chi connectivity index (χ0v) is 25.6. The highest BCUT2D eigenvalue weighted by Gasteiger charge is 2.19. The fourth-order valence-corrected chi connectivity index (χ4v) is 7.01. The molecule has 3 heteroatoms. The molecule has 3 nitrogen and oxygen atoms in total. The van der Waals surface area contributed by atoms with Crippen molar-refractivity contribution in [3.63, 3.8) is 0 Å². The van der Waals surface area contributed by atoms with E-state index in [0.29, 0.717) is 0 Å². The monoisotopic (exact) mass is 599 g/mol. The van der Waals surface area contributed by atoms with Crippen LogP contribution in [0.1, 0.15) is 0 Å². The fraction of sp³-hybridized carbons (Fsp3) is 0. The Morgan fingerprint density at radius 2 is 0.936 bits per heavy atom. The molecule has 0 saturated heterocycles. The summed E-state index contributed by atoms with van der Waals surface area (Å²) in [6.45, 7) is 0. The summed E-state index contributed by atoms with van der Waals surface area (Å²) in [6, 6.07) is 58.3. The van der Waals surface area contributed by atoms with Gasteiger partial charge in [0.1, 0.15) is 5.82 Å². The molecule has 0 unspecified atom stereocenters. The number of aromatic nitrogens is 3. The van der Waals surface area contributed by atoms with Crippen LogP contribution in [-0.2, 0) is 0 Å². The first-order chi connectivity index (χ1) is 23.3. The van der Waals surface area contributed by atoms with Crippen molar-refractivity contribution in [1.82, 2.24) is 14.5 Å². The van der Waals surface area contributed by atoms with E-state index in [1.165, 1.54) is 38.2 Å². The molecule has 0 saturated carbocycles. The molecule has 9 aromatic rings. The Labute approximate surface area is 273 Å². The number of fused-ring (bicyclic) bond motifs is 3. The minimum Gasteiger partial charge on any atom is -0.292 e. The van der Waals surface area contributed by atoms with Gasteiger partial charge < -0.3 is 0 Å². The zero-order chi connectivity index (χ0) is 31.2. The molecule has 2 heterocycles. The summed E-state index contributed by atoms with van der Waals surface area (Å²) in [5.74, 6) is 0.927. The Morgan fingerprint density at radius 1 is 0.404 bits per heavy atom. The lowest BCUT2D eigenvalue weighted by atomic mass is 9.85. The Hall–Kier alpha value is -6.32. The Morgan fingerprint density at radius 3 is 1.57 bits per heavy atom. The first kappa shape index (κ1) is 27.0. The Kier molecular flexibility index (Phi) is 6.46. The molecule has 2 aromatic heterocycles. The summed E-state index contributed by atoms with van der Waals surface area (Å²) in [4.78, 5) is 9.53. The summed E-state index contributed by atoms with van der Waals surface area (Å²) >= 11 is 0. The Bertz CT molecular complexity index is 2510. The second-order valence-corrected chi connectivity index (χ2v) is 11.8. The molecule has 0 spiro atoms. The summed E-state index contributed by atoms with van der Waals surface area (Å²) in [5.41, 5.74) is 11.3. The van der Waals surface area contributed by atoms with Gasteiger partial charge in [-0.25, -0.2) is 4.98 Å². The van der Waals surface area contributed by atoms with Crippen LogP contribution in [0.2, 0.25) is 0 Å². The van der Waals surface area contributed by atoms with Crippen LogP contribution < -0.4 is 0 Å². The van der Waals surface area contributed by atoms with Gasteiger partial charge in [0.2, 0.25) is 0 Å². The van der Waals surface area contributed by atoms with Gasteiger partial charge in [0.05, 0.1) is 11.0 Å². The van der Waals surface area contributed by atoms with Gasteiger partial charge in [-0.15, -0.1) is 0 Å². The molecule has 0 amide bonds. The van der Waals surface area contributed by atoms with Gasteiger partial charge in [-0.3, -0.25) is 9.55 Å². The maximum Gasteiger partial charge on any atom is 0.145 e. The van der Waals surface area contributed by atoms with Gasteiger partial charge in [-0.05, 0) is 91.8 Å². The molecule has 220 valence electrons. The average Bonchev–Trinajstić information content (AvgIpc) is 3.54. The van der Waals surface area contributed by atoms with Crippen molar-refractivity contribution in [2.75, 3.05) is 0 Å². The van der Waals surface area contributed by atoms with Crippen molar-refractivity contribution in [1.29, 1.82) is 0 Å². The van der Waals surface area contributed by atoms with Crippen LogP contribution in [0.5, 0.6) is 0 Å². The molecular weight excluding hydrogens is 571 g/mol. The molecule has 0 atom stereocenters. The molecule has 0 aliphatic rings. The van der Waals surface area contributed by atoms with Crippen molar-refractivity contribution in [3.8, 4) is 50.5 Å². The van der Waals surface area contributed by atoms with Gasteiger partial charge in [0, 0.05) is 29.2 Å². The van der Waals surface area contributed by atoms with Crippen molar-refractivity contribution < 1.29 is 0 Å². The average molecular weight is 600 g/mol. The summed E-state index contributed by atoms with van der Waals surface area (Å²) in [5, 5.41) is 4.90. The lowest BCUT2D eigenvalue weighted by Crippen LogP contribution is -1.97. The lowest BCUT2D eigenvalue weighted by molar-refractivity contribution is 1.10. The molecule has 7 aromatic carbocycles. The quantitative estimate of drug-likeness (QED) is 0.184. The van der Waals surface area contributed by atoms with E-state index in [4.69, 9.17) is 4.98 Å². The number of pyridine rings is 1. The van der Waals surface area contributed by atoms with Gasteiger partial charge in [0.25, 0.3) is 0 Å². The van der Waals surface area contributed by atoms with Gasteiger partial charge in [-0.1, -0.05) is 121 Å². The molecule has 9 rings (SSSR count). The second kappa shape index (κ2) is 11.2. The van der Waals surface area contributed by atoms with Crippen LogP contribution in [-0.4, -0.2) is 14.5 Å². The maximum atomic E-state index is 5.16. The minimum absolute atomic E-state index is 0.927. The highest BCUT2D eigenvalue weighted by atomic mass is 15.1. The smallest absolute Gasteiger partial charge is 0.145 e. The normalized spacial score (nSPS) is 11.4. The van der Waals surface area contributed by atoms with E-state index in [2.05, 4.69) is 167 Å².